The highest BCUT2D eigenvalue weighted by molar-refractivity contribution is 5.93. The van der Waals surface area contributed by atoms with Gasteiger partial charge < -0.3 is 9.88 Å². The number of hydrogen-bond donors (Lipinski definition) is 1. The normalized spacial score (nSPS) is 10.2. The van der Waals surface area contributed by atoms with E-state index in [0.717, 1.165) is 6.42 Å². The van der Waals surface area contributed by atoms with Crippen LogP contribution in [0, 0.1) is 0 Å². The number of amides is 1. The fraction of sp³-hybridized carbons (Fsp3) is 0.200. The van der Waals surface area contributed by atoms with Crippen LogP contribution < -0.4 is 10.9 Å². The fourth-order valence-electron chi connectivity index (χ4n) is 1.80. The molecule has 1 aromatic carbocycles. The van der Waals surface area contributed by atoms with Crippen molar-refractivity contribution in [3.05, 3.63) is 70.1 Å². The monoisotopic (exact) mass is 256 g/mol. The molecule has 0 radical (unpaired) electrons. The number of carbonyl (C=O) groups is 1. The molecule has 0 atom stereocenters. The Morgan fingerprint density at radius 2 is 1.89 bits per heavy atom. The van der Waals surface area contributed by atoms with Crippen molar-refractivity contribution in [2.45, 2.75) is 6.42 Å². The summed E-state index contributed by atoms with van der Waals surface area (Å²) in [6, 6.07) is 12.9. The van der Waals surface area contributed by atoms with Crippen LogP contribution in [0.25, 0.3) is 0 Å². The van der Waals surface area contributed by atoms with E-state index in [2.05, 4.69) is 5.32 Å². The number of hydrogen-bond acceptors (Lipinski definition) is 2. The molecule has 1 N–H and O–H groups in total. The van der Waals surface area contributed by atoms with E-state index in [9.17, 15) is 9.59 Å². The lowest BCUT2D eigenvalue weighted by molar-refractivity contribution is 0.0953. The highest BCUT2D eigenvalue weighted by atomic mass is 16.1. The van der Waals surface area contributed by atoms with Crippen LogP contribution in [-0.2, 0) is 13.5 Å². The first-order chi connectivity index (χ1) is 9.16. The molecule has 2 aromatic rings. The van der Waals surface area contributed by atoms with Gasteiger partial charge in [0.1, 0.15) is 0 Å². The molecule has 0 bridgehead atoms. The predicted octanol–water partition coefficient (Wildman–Crippen LogP) is 1.36. The number of benzene rings is 1. The van der Waals surface area contributed by atoms with E-state index in [0.29, 0.717) is 12.1 Å². The summed E-state index contributed by atoms with van der Waals surface area (Å²) in [5.74, 6) is -0.161. The molecule has 19 heavy (non-hydrogen) atoms. The van der Waals surface area contributed by atoms with E-state index in [1.54, 1.807) is 19.3 Å². The van der Waals surface area contributed by atoms with Gasteiger partial charge in [-0.25, -0.2) is 0 Å². The molecule has 1 heterocycles. The van der Waals surface area contributed by atoms with Gasteiger partial charge in [-0.1, -0.05) is 30.3 Å². The Hall–Kier alpha value is -2.36. The average Bonchev–Trinajstić information content (AvgIpc) is 2.43. The van der Waals surface area contributed by atoms with Gasteiger partial charge in [0.25, 0.3) is 5.91 Å². The minimum absolute atomic E-state index is 0.124. The van der Waals surface area contributed by atoms with Crippen LogP contribution in [0.3, 0.4) is 0 Å². The fourth-order valence-corrected chi connectivity index (χ4v) is 1.80. The summed E-state index contributed by atoms with van der Waals surface area (Å²) in [7, 11) is 1.63. The smallest absolute Gasteiger partial charge is 0.252 e. The van der Waals surface area contributed by atoms with Gasteiger partial charge in [0.2, 0.25) is 5.56 Å². The predicted molar refractivity (Wildman–Crippen MR) is 74.2 cm³/mol. The topological polar surface area (TPSA) is 51.1 Å². The third kappa shape index (κ3) is 3.55. The van der Waals surface area contributed by atoms with Crippen LogP contribution in [0.5, 0.6) is 0 Å². The van der Waals surface area contributed by atoms with E-state index < -0.39 is 0 Å². The highest BCUT2D eigenvalue weighted by Gasteiger charge is 2.05. The van der Waals surface area contributed by atoms with Crippen LogP contribution in [0.15, 0.2) is 53.5 Å². The van der Waals surface area contributed by atoms with Crippen LogP contribution >= 0.6 is 0 Å². The summed E-state index contributed by atoms with van der Waals surface area (Å²) >= 11 is 0. The first-order valence-corrected chi connectivity index (χ1v) is 6.15. The zero-order valence-corrected chi connectivity index (χ0v) is 10.8. The zero-order valence-electron chi connectivity index (χ0n) is 10.8. The minimum Gasteiger partial charge on any atom is -0.352 e. The molecule has 0 aliphatic rings. The van der Waals surface area contributed by atoms with Crippen molar-refractivity contribution >= 4 is 5.91 Å². The first-order valence-electron chi connectivity index (χ1n) is 6.15. The Bertz CT molecular complexity index is 618. The summed E-state index contributed by atoms with van der Waals surface area (Å²) in [5.41, 5.74) is 1.55. The van der Waals surface area contributed by atoms with Crippen LogP contribution in [0.2, 0.25) is 0 Å². The van der Waals surface area contributed by atoms with Crippen molar-refractivity contribution in [1.82, 2.24) is 9.88 Å². The Balaban J connectivity index is 1.91. The average molecular weight is 256 g/mol. The molecule has 1 amide bonds. The molecule has 0 spiro atoms. The minimum atomic E-state index is -0.161. The van der Waals surface area contributed by atoms with Gasteiger partial charge in [-0.05, 0) is 18.1 Å². The SMILES string of the molecule is Cn1cc(C(=O)NCCc2ccccc2)ccc1=O. The van der Waals surface area contributed by atoms with Crippen molar-refractivity contribution in [2.75, 3.05) is 6.54 Å². The van der Waals surface area contributed by atoms with Crippen molar-refractivity contribution in [3.63, 3.8) is 0 Å². The molecule has 1 aromatic heterocycles. The molecular weight excluding hydrogens is 240 g/mol. The van der Waals surface area contributed by atoms with E-state index in [-0.39, 0.29) is 11.5 Å². The molecule has 4 heteroatoms. The van der Waals surface area contributed by atoms with Crippen molar-refractivity contribution in [3.8, 4) is 0 Å². The lowest BCUT2D eigenvalue weighted by Crippen LogP contribution is -2.27. The maximum absolute atomic E-state index is 11.9. The van der Waals surface area contributed by atoms with Crippen molar-refractivity contribution in [2.24, 2.45) is 7.05 Å². The van der Waals surface area contributed by atoms with E-state index in [1.807, 2.05) is 30.3 Å². The summed E-state index contributed by atoms with van der Waals surface area (Å²) in [4.78, 5) is 23.1. The second kappa shape index (κ2) is 6.00. The van der Waals surface area contributed by atoms with Gasteiger partial charge in [0.15, 0.2) is 0 Å². The molecule has 0 saturated carbocycles. The maximum Gasteiger partial charge on any atom is 0.252 e. The molecular formula is C15H16N2O2. The number of carbonyl (C=O) groups excluding carboxylic acids is 1. The Labute approximate surface area is 111 Å². The molecule has 4 nitrogen and oxygen atoms in total. The lowest BCUT2D eigenvalue weighted by atomic mass is 10.1. The molecule has 0 aliphatic carbocycles. The maximum atomic E-state index is 11.9. The zero-order chi connectivity index (χ0) is 13.7. The molecule has 0 fully saturated rings. The largest absolute Gasteiger partial charge is 0.352 e. The Morgan fingerprint density at radius 3 is 2.58 bits per heavy atom. The molecule has 0 unspecified atom stereocenters. The summed E-state index contributed by atoms with van der Waals surface area (Å²) < 4.78 is 1.39. The number of rotatable bonds is 4. The first kappa shape index (κ1) is 13.1. The van der Waals surface area contributed by atoms with Crippen LogP contribution in [0.4, 0.5) is 0 Å². The number of aromatic nitrogens is 1. The number of pyridine rings is 1. The summed E-state index contributed by atoms with van der Waals surface area (Å²) in [6.07, 6.45) is 2.33. The molecule has 2 rings (SSSR count). The molecule has 98 valence electrons. The quantitative estimate of drug-likeness (QED) is 0.898. The lowest BCUT2D eigenvalue weighted by Gasteiger charge is -2.06. The van der Waals surface area contributed by atoms with Gasteiger partial charge in [0, 0.05) is 25.9 Å². The Morgan fingerprint density at radius 1 is 1.16 bits per heavy atom. The number of nitrogens with one attached hydrogen (secondary N) is 1. The van der Waals surface area contributed by atoms with Crippen LogP contribution in [0.1, 0.15) is 15.9 Å². The Kier molecular flexibility index (Phi) is 4.13. The summed E-state index contributed by atoms with van der Waals surface area (Å²) in [5, 5.41) is 2.84. The number of nitrogens with zero attached hydrogens (tertiary/aromatic N) is 1. The molecule has 0 saturated heterocycles. The van der Waals surface area contributed by atoms with Crippen molar-refractivity contribution < 1.29 is 4.79 Å². The summed E-state index contributed by atoms with van der Waals surface area (Å²) in [6.45, 7) is 0.575. The second-order valence-corrected chi connectivity index (χ2v) is 4.36. The van der Waals surface area contributed by atoms with Gasteiger partial charge >= 0.3 is 0 Å². The number of aryl methyl sites for hydroxylation is 1. The standard InChI is InChI=1S/C15H16N2O2/c1-17-11-13(7-8-14(17)18)15(19)16-10-9-12-5-3-2-4-6-12/h2-8,11H,9-10H2,1H3,(H,16,19). The molecule has 0 aliphatic heterocycles. The highest BCUT2D eigenvalue weighted by Crippen LogP contribution is 1.99. The second-order valence-electron chi connectivity index (χ2n) is 4.36. The van der Waals surface area contributed by atoms with Gasteiger partial charge in [-0.2, -0.15) is 0 Å². The van der Waals surface area contributed by atoms with Gasteiger partial charge in [-0.3, -0.25) is 9.59 Å². The van der Waals surface area contributed by atoms with Crippen molar-refractivity contribution in [1.29, 1.82) is 0 Å². The van der Waals surface area contributed by atoms with Gasteiger partial charge in [0.05, 0.1) is 5.56 Å². The van der Waals surface area contributed by atoms with Gasteiger partial charge in [-0.15, -0.1) is 0 Å². The van der Waals surface area contributed by atoms with E-state index >= 15 is 0 Å². The van der Waals surface area contributed by atoms with E-state index in [4.69, 9.17) is 0 Å². The third-order valence-electron chi connectivity index (χ3n) is 2.89. The van der Waals surface area contributed by atoms with E-state index in [1.165, 1.54) is 16.2 Å². The third-order valence-corrected chi connectivity index (χ3v) is 2.89. The van der Waals surface area contributed by atoms with Crippen LogP contribution in [-0.4, -0.2) is 17.0 Å².